The molecule has 0 spiro atoms. The third-order valence-electron chi connectivity index (χ3n) is 2.56. The highest BCUT2D eigenvalue weighted by Gasteiger charge is 2.15. The van der Waals surface area contributed by atoms with Crippen LogP contribution in [0.4, 0.5) is 0 Å². The Bertz CT molecular complexity index is 413. The zero-order valence-electron chi connectivity index (χ0n) is 10.8. The highest BCUT2D eigenvalue weighted by atomic mass is 32.2. The molecule has 18 heavy (non-hydrogen) atoms. The van der Waals surface area contributed by atoms with E-state index in [1.165, 1.54) is 17.8 Å². The van der Waals surface area contributed by atoms with Crippen LogP contribution in [-0.2, 0) is 11.8 Å². The van der Waals surface area contributed by atoms with Crippen LogP contribution in [0.15, 0.2) is 18.5 Å². The Balaban J connectivity index is 2.48. The summed E-state index contributed by atoms with van der Waals surface area (Å²) in [5, 5.41) is 16.0. The molecule has 0 aliphatic carbocycles. The summed E-state index contributed by atoms with van der Waals surface area (Å²) in [5.74, 6) is -0.168. The van der Waals surface area contributed by atoms with Gasteiger partial charge in [-0.25, -0.2) is 0 Å². The fourth-order valence-electron chi connectivity index (χ4n) is 1.50. The van der Waals surface area contributed by atoms with Gasteiger partial charge in [0.2, 0.25) is 5.91 Å². The van der Waals surface area contributed by atoms with Crippen LogP contribution in [0.3, 0.4) is 0 Å². The summed E-state index contributed by atoms with van der Waals surface area (Å²) in [7, 11) is 1.82. The minimum absolute atomic E-state index is 0.0146. The number of hydrogen-bond acceptors (Lipinski definition) is 4. The molecule has 0 fully saturated rings. The number of aromatic nitrogens is 2. The number of aliphatic hydroxyl groups excluding tert-OH is 1. The van der Waals surface area contributed by atoms with Crippen molar-refractivity contribution >= 4 is 23.7 Å². The maximum absolute atomic E-state index is 11.7. The van der Waals surface area contributed by atoms with E-state index >= 15 is 0 Å². The van der Waals surface area contributed by atoms with Crippen molar-refractivity contribution in [2.45, 2.75) is 18.2 Å². The van der Waals surface area contributed by atoms with E-state index in [9.17, 15) is 4.79 Å². The Morgan fingerprint density at radius 1 is 1.72 bits per heavy atom. The van der Waals surface area contributed by atoms with Crippen LogP contribution in [0.2, 0.25) is 0 Å². The molecule has 1 aromatic heterocycles. The van der Waals surface area contributed by atoms with E-state index in [1.807, 2.05) is 26.4 Å². The normalized spacial score (nSPS) is 14.7. The van der Waals surface area contributed by atoms with E-state index in [4.69, 9.17) is 5.11 Å². The molecule has 6 heteroatoms. The zero-order chi connectivity index (χ0) is 13.5. The highest BCUT2D eigenvalue weighted by Crippen LogP contribution is 2.10. The summed E-state index contributed by atoms with van der Waals surface area (Å²) in [6, 6.07) is -0.0731. The number of thioether (sulfide) groups is 1. The number of amides is 1. The number of aryl methyl sites for hydroxylation is 1. The molecule has 1 heterocycles. The maximum Gasteiger partial charge on any atom is 0.244 e. The van der Waals surface area contributed by atoms with Crippen molar-refractivity contribution in [3.05, 3.63) is 24.0 Å². The monoisotopic (exact) mass is 269 g/mol. The smallest absolute Gasteiger partial charge is 0.244 e. The van der Waals surface area contributed by atoms with E-state index in [0.717, 1.165) is 5.56 Å². The Morgan fingerprint density at radius 2 is 2.44 bits per heavy atom. The fourth-order valence-corrected chi connectivity index (χ4v) is 2.13. The Kier molecular flexibility index (Phi) is 5.94. The van der Waals surface area contributed by atoms with Crippen molar-refractivity contribution < 1.29 is 9.90 Å². The molecule has 100 valence electrons. The molecular formula is C12H19N3O2S. The van der Waals surface area contributed by atoms with Gasteiger partial charge in [-0.15, -0.1) is 0 Å². The molecule has 1 amide bonds. The molecule has 0 aliphatic heterocycles. The molecule has 2 N–H and O–H groups in total. The minimum atomic E-state index is -0.168. The average molecular weight is 269 g/mol. The van der Waals surface area contributed by atoms with E-state index in [1.54, 1.807) is 17.0 Å². The number of carbonyl (C=O) groups excluding carboxylic acids is 1. The predicted molar refractivity (Wildman–Crippen MR) is 74.2 cm³/mol. The standard InChI is InChI=1S/C12H19N3O2S/c1-9(11(8-16)18-3)14-12(17)5-4-10-6-13-15(2)7-10/h4-7,9,11,16H,8H2,1-3H3,(H,14,17)/b5-4+. The second-order valence-corrected chi connectivity index (χ2v) is 5.11. The molecule has 0 aromatic carbocycles. The molecule has 0 saturated carbocycles. The largest absolute Gasteiger partial charge is 0.395 e. The summed E-state index contributed by atoms with van der Waals surface area (Å²) >= 11 is 1.54. The number of rotatable bonds is 6. The first-order valence-electron chi connectivity index (χ1n) is 5.67. The SMILES string of the molecule is CSC(CO)C(C)NC(=O)/C=C/c1cnn(C)c1. The van der Waals surface area contributed by atoms with Crippen LogP contribution in [0.25, 0.3) is 6.08 Å². The van der Waals surface area contributed by atoms with Crippen LogP contribution in [0.5, 0.6) is 0 Å². The number of nitrogens with zero attached hydrogens (tertiary/aromatic N) is 2. The molecule has 5 nitrogen and oxygen atoms in total. The summed E-state index contributed by atoms with van der Waals surface area (Å²) < 4.78 is 1.68. The van der Waals surface area contributed by atoms with Crippen LogP contribution in [0.1, 0.15) is 12.5 Å². The molecule has 2 unspecified atom stereocenters. The number of nitrogens with one attached hydrogen (secondary N) is 1. The summed E-state index contributed by atoms with van der Waals surface area (Å²) in [6.45, 7) is 1.93. The van der Waals surface area contributed by atoms with Gasteiger partial charge in [0.15, 0.2) is 0 Å². The van der Waals surface area contributed by atoms with Gasteiger partial charge < -0.3 is 10.4 Å². The quantitative estimate of drug-likeness (QED) is 0.745. The van der Waals surface area contributed by atoms with E-state index in [0.29, 0.717) is 0 Å². The number of aliphatic hydroxyl groups is 1. The van der Waals surface area contributed by atoms with Crippen molar-refractivity contribution in [1.82, 2.24) is 15.1 Å². The first kappa shape index (κ1) is 14.8. The lowest BCUT2D eigenvalue weighted by Crippen LogP contribution is -2.40. The van der Waals surface area contributed by atoms with Crippen LogP contribution in [0, 0.1) is 0 Å². The summed E-state index contributed by atoms with van der Waals surface area (Å²) in [6.07, 6.45) is 8.61. The van der Waals surface area contributed by atoms with Gasteiger partial charge in [-0.2, -0.15) is 16.9 Å². The fraction of sp³-hybridized carbons (Fsp3) is 0.500. The van der Waals surface area contributed by atoms with E-state index < -0.39 is 0 Å². The maximum atomic E-state index is 11.7. The van der Waals surface area contributed by atoms with Crippen molar-refractivity contribution in [2.75, 3.05) is 12.9 Å². The molecule has 0 aliphatic rings. The molecule has 2 atom stereocenters. The van der Waals surface area contributed by atoms with Crippen LogP contribution < -0.4 is 5.32 Å². The third-order valence-corrected chi connectivity index (χ3v) is 3.73. The van der Waals surface area contributed by atoms with E-state index in [2.05, 4.69) is 10.4 Å². The van der Waals surface area contributed by atoms with Gasteiger partial charge in [0.25, 0.3) is 0 Å². The first-order valence-corrected chi connectivity index (χ1v) is 6.96. The van der Waals surface area contributed by atoms with Gasteiger partial charge in [0.1, 0.15) is 0 Å². The minimum Gasteiger partial charge on any atom is -0.395 e. The third kappa shape index (κ3) is 4.54. The lowest BCUT2D eigenvalue weighted by molar-refractivity contribution is -0.117. The lowest BCUT2D eigenvalue weighted by atomic mass is 10.2. The first-order chi connectivity index (χ1) is 8.56. The second-order valence-electron chi connectivity index (χ2n) is 4.03. The van der Waals surface area contributed by atoms with Gasteiger partial charge >= 0.3 is 0 Å². The van der Waals surface area contributed by atoms with Gasteiger partial charge in [0, 0.05) is 36.2 Å². The average Bonchev–Trinajstić information content (AvgIpc) is 2.74. The van der Waals surface area contributed by atoms with E-state index in [-0.39, 0.29) is 23.8 Å². The summed E-state index contributed by atoms with van der Waals surface area (Å²) in [5.41, 5.74) is 0.879. The summed E-state index contributed by atoms with van der Waals surface area (Å²) in [4.78, 5) is 11.7. The van der Waals surface area contributed by atoms with Gasteiger partial charge in [-0.1, -0.05) is 0 Å². The molecule has 1 aromatic rings. The molecule has 1 rings (SSSR count). The van der Waals surface area contributed by atoms with Gasteiger partial charge in [0.05, 0.1) is 12.8 Å². The van der Waals surface area contributed by atoms with Crippen LogP contribution in [-0.4, -0.2) is 44.9 Å². The van der Waals surface area contributed by atoms with Crippen LogP contribution >= 0.6 is 11.8 Å². The van der Waals surface area contributed by atoms with Crippen molar-refractivity contribution in [3.63, 3.8) is 0 Å². The molecule has 0 bridgehead atoms. The molecular weight excluding hydrogens is 250 g/mol. The Morgan fingerprint density at radius 3 is 2.94 bits per heavy atom. The number of hydrogen-bond donors (Lipinski definition) is 2. The van der Waals surface area contributed by atoms with Crippen molar-refractivity contribution in [3.8, 4) is 0 Å². The van der Waals surface area contributed by atoms with Gasteiger partial charge in [-0.3, -0.25) is 9.48 Å². The number of carbonyl (C=O) groups is 1. The highest BCUT2D eigenvalue weighted by molar-refractivity contribution is 7.99. The Hall–Kier alpha value is -1.27. The van der Waals surface area contributed by atoms with Crippen molar-refractivity contribution in [1.29, 1.82) is 0 Å². The Labute approximate surface area is 111 Å². The van der Waals surface area contributed by atoms with Crippen molar-refractivity contribution in [2.24, 2.45) is 7.05 Å². The topological polar surface area (TPSA) is 67.2 Å². The lowest BCUT2D eigenvalue weighted by Gasteiger charge is -2.20. The zero-order valence-corrected chi connectivity index (χ0v) is 11.6. The molecule has 0 saturated heterocycles. The second kappa shape index (κ2) is 7.23. The predicted octanol–water partition coefficient (Wildman–Crippen LogP) is 0.662. The van der Waals surface area contributed by atoms with Gasteiger partial charge in [-0.05, 0) is 19.3 Å². The molecule has 0 radical (unpaired) electrons.